The fourth-order valence-electron chi connectivity index (χ4n) is 2.13. The lowest BCUT2D eigenvalue weighted by Gasteiger charge is -2.34. The van der Waals surface area contributed by atoms with E-state index in [-0.39, 0.29) is 11.9 Å². The Hall–Kier alpha value is -0.710. The molecule has 0 aliphatic rings. The molecule has 0 aromatic carbocycles. The minimum atomic E-state index is -0.747. The van der Waals surface area contributed by atoms with Gasteiger partial charge in [0.05, 0.1) is 6.61 Å². The predicted octanol–water partition coefficient (Wildman–Crippen LogP) is 2.81. The molecule has 0 heterocycles. The number of carbonyl (C=O) groups is 2. The third kappa shape index (κ3) is 5.35. The lowest BCUT2D eigenvalue weighted by Crippen LogP contribution is -2.48. The smallest absolute Gasteiger partial charge is 0.319 e. The summed E-state index contributed by atoms with van der Waals surface area (Å²) in [6, 6.07) is 0.150. The van der Waals surface area contributed by atoms with Crippen molar-refractivity contribution in [1.29, 1.82) is 0 Å². The summed E-state index contributed by atoms with van der Waals surface area (Å²) in [5, 5.41) is 0. The van der Waals surface area contributed by atoms with E-state index in [2.05, 4.69) is 6.92 Å². The Morgan fingerprint density at radius 1 is 1.25 bits per heavy atom. The SMILES string of the molecule is CCOC(=O)C(C(=O)N(C)C(CC)CSC)C(C)(C)C. The fraction of sp³-hybridized carbons (Fsp3) is 0.867. The predicted molar refractivity (Wildman–Crippen MR) is 84.8 cm³/mol. The zero-order valence-electron chi connectivity index (χ0n) is 13.9. The molecular weight excluding hydrogens is 274 g/mol. The molecule has 1 amide bonds. The van der Waals surface area contributed by atoms with E-state index in [1.54, 1.807) is 30.6 Å². The fourth-order valence-corrected chi connectivity index (χ4v) is 2.97. The number of nitrogens with zero attached hydrogens (tertiary/aromatic N) is 1. The van der Waals surface area contributed by atoms with Gasteiger partial charge in [0.1, 0.15) is 5.92 Å². The van der Waals surface area contributed by atoms with E-state index in [1.807, 2.05) is 27.0 Å². The first kappa shape index (κ1) is 19.3. The number of rotatable bonds is 7. The van der Waals surface area contributed by atoms with Gasteiger partial charge in [-0.3, -0.25) is 9.59 Å². The molecule has 0 aliphatic carbocycles. The van der Waals surface area contributed by atoms with Gasteiger partial charge in [-0.1, -0.05) is 27.7 Å². The molecule has 0 spiro atoms. The number of carbonyl (C=O) groups excluding carboxylic acids is 2. The average Bonchev–Trinajstić information content (AvgIpc) is 2.33. The van der Waals surface area contributed by atoms with Crippen LogP contribution in [0, 0.1) is 11.3 Å². The van der Waals surface area contributed by atoms with Crippen LogP contribution in [0.15, 0.2) is 0 Å². The van der Waals surface area contributed by atoms with Gasteiger partial charge in [-0.15, -0.1) is 0 Å². The highest BCUT2D eigenvalue weighted by atomic mass is 32.2. The van der Waals surface area contributed by atoms with Crippen molar-refractivity contribution in [2.24, 2.45) is 11.3 Å². The molecule has 0 fully saturated rings. The van der Waals surface area contributed by atoms with Crippen LogP contribution < -0.4 is 0 Å². The summed E-state index contributed by atoms with van der Waals surface area (Å²) in [6.07, 6.45) is 2.90. The first-order valence-corrected chi connectivity index (χ1v) is 8.52. The number of ether oxygens (including phenoxy) is 1. The third-order valence-corrected chi connectivity index (χ3v) is 4.08. The van der Waals surface area contributed by atoms with Crippen molar-refractivity contribution < 1.29 is 14.3 Å². The Balaban J connectivity index is 5.18. The summed E-state index contributed by atoms with van der Waals surface area (Å²) in [7, 11) is 1.78. The highest BCUT2D eigenvalue weighted by molar-refractivity contribution is 7.98. The molecule has 0 aromatic heterocycles. The molecule has 20 heavy (non-hydrogen) atoms. The molecule has 0 aliphatic heterocycles. The second-order valence-corrected chi connectivity index (χ2v) is 6.93. The van der Waals surface area contributed by atoms with Gasteiger partial charge in [0.15, 0.2) is 0 Å². The van der Waals surface area contributed by atoms with E-state index in [0.717, 1.165) is 12.2 Å². The van der Waals surface area contributed by atoms with Crippen LogP contribution in [0.1, 0.15) is 41.0 Å². The van der Waals surface area contributed by atoms with Crippen molar-refractivity contribution in [1.82, 2.24) is 4.90 Å². The molecule has 2 unspecified atom stereocenters. The van der Waals surface area contributed by atoms with Crippen LogP contribution in [0.3, 0.4) is 0 Å². The molecule has 4 nitrogen and oxygen atoms in total. The van der Waals surface area contributed by atoms with E-state index >= 15 is 0 Å². The van der Waals surface area contributed by atoms with Crippen molar-refractivity contribution in [3.63, 3.8) is 0 Å². The van der Waals surface area contributed by atoms with Crippen molar-refractivity contribution in [3.8, 4) is 0 Å². The van der Waals surface area contributed by atoms with Crippen molar-refractivity contribution in [2.45, 2.75) is 47.1 Å². The maximum absolute atomic E-state index is 12.7. The molecular formula is C15H29NO3S. The molecule has 0 saturated heterocycles. The molecule has 118 valence electrons. The normalized spacial score (nSPS) is 14.6. The summed E-state index contributed by atoms with van der Waals surface area (Å²) >= 11 is 1.71. The Bertz CT molecular complexity index is 326. The number of hydrogen-bond acceptors (Lipinski definition) is 4. The summed E-state index contributed by atoms with van der Waals surface area (Å²) in [5.74, 6) is -0.436. The van der Waals surface area contributed by atoms with Gasteiger partial charge >= 0.3 is 5.97 Å². The standard InChI is InChI=1S/C15H29NO3S/c1-8-11(10-20-7)16(6)13(17)12(15(3,4)5)14(18)19-9-2/h11-12H,8-10H2,1-7H3. The van der Waals surface area contributed by atoms with Crippen molar-refractivity contribution in [3.05, 3.63) is 0 Å². The van der Waals surface area contributed by atoms with E-state index in [9.17, 15) is 9.59 Å². The summed E-state index contributed by atoms with van der Waals surface area (Å²) in [5.41, 5.74) is -0.449. The first-order chi connectivity index (χ1) is 9.20. The van der Waals surface area contributed by atoms with Crippen LogP contribution in [0.2, 0.25) is 0 Å². The van der Waals surface area contributed by atoms with E-state index in [4.69, 9.17) is 4.74 Å². The van der Waals surface area contributed by atoms with Gasteiger partial charge in [0.2, 0.25) is 5.91 Å². The minimum Gasteiger partial charge on any atom is -0.465 e. The lowest BCUT2D eigenvalue weighted by molar-refractivity contribution is -0.160. The van der Waals surface area contributed by atoms with Crippen LogP contribution in [0.4, 0.5) is 0 Å². The molecule has 0 saturated carbocycles. The molecule has 0 aromatic rings. The summed E-state index contributed by atoms with van der Waals surface area (Å²) in [4.78, 5) is 26.5. The van der Waals surface area contributed by atoms with E-state index < -0.39 is 17.3 Å². The second kappa shape index (κ2) is 8.55. The number of hydrogen-bond donors (Lipinski definition) is 0. The first-order valence-electron chi connectivity index (χ1n) is 7.12. The maximum Gasteiger partial charge on any atom is 0.319 e. The van der Waals surface area contributed by atoms with Crippen LogP contribution in [-0.2, 0) is 14.3 Å². The van der Waals surface area contributed by atoms with Gasteiger partial charge in [-0.2, -0.15) is 11.8 Å². The molecule has 0 N–H and O–H groups in total. The Kier molecular flexibility index (Phi) is 8.25. The minimum absolute atomic E-state index is 0.142. The van der Waals surface area contributed by atoms with Crippen LogP contribution in [0.5, 0.6) is 0 Å². The Morgan fingerprint density at radius 3 is 2.15 bits per heavy atom. The Labute approximate surface area is 127 Å². The molecule has 5 heteroatoms. The zero-order chi connectivity index (χ0) is 15.9. The van der Waals surface area contributed by atoms with Crippen LogP contribution >= 0.6 is 11.8 Å². The van der Waals surface area contributed by atoms with Crippen LogP contribution in [-0.4, -0.2) is 48.5 Å². The van der Waals surface area contributed by atoms with Gasteiger partial charge in [-0.25, -0.2) is 0 Å². The summed E-state index contributed by atoms with van der Waals surface area (Å²) < 4.78 is 5.08. The third-order valence-electron chi connectivity index (χ3n) is 3.36. The van der Waals surface area contributed by atoms with Gasteiger partial charge < -0.3 is 9.64 Å². The largest absolute Gasteiger partial charge is 0.465 e. The van der Waals surface area contributed by atoms with E-state index in [0.29, 0.717) is 6.61 Å². The van der Waals surface area contributed by atoms with Crippen molar-refractivity contribution >= 4 is 23.6 Å². The van der Waals surface area contributed by atoms with Crippen molar-refractivity contribution in [2.75, 3.05) is 25.7 Å². The molecule has 0 radical (unpaired) electrons. The number of amides is 1. The average molecular weight is 303 g/mol. The van der Waals surface area contributed by atoms with Crippen LogP contribution in [0.25, 0.3) is 0 Å². The topological polar surface area (TPSA) is 46.6 Å². The quantitative estimate of drug-likeness (QED) is 0.536. The molecule has 2 atom stereocenters. The number of esters is 1. The highest BCUT2D eigenvalue weighted by Crippen LogP contribution is 2.29. The molecule has 0 bridgehead atoms. The monoisotopic (exact) mass is 303 g/mol. The Morgan fingerprint density at radius 2 is 1.80 bits per heavy atom. The van der Waals surface area contributed by atoms with Gasteiger partial charge in [0, 0.05) is 18.8 Å². The zero-order valence-corrected chi connectivity index (χ0v) is 14.7. The molecule has 0 rings (SSSR count). The van der Waals surface area contributed by atoms with Gasteiger partial charge in [-0.05, 0) is 25.0 Å². The lowest BCUT2D eigenvalue weighted by atomic mass is 9.79. The van der Waals surface area contributed by atoms with Gasteiger partial charge in [0.25, 0.3) is 0 Å². The summed E-state index contributed by atoms with van der Waals surface area (Å²) in [6.45, 7) is 9.81. The second-order valence-electron chi connectivity index (χ2n) is 6.02. The number of thioether (sulfide) groups is 1. The highest BCUT2D eigenvalue weighted by Gasteiger charge is 2.41. The maximum atomic E-state index is 12.7. The van der Waals surface area contributed by atoms with E-state index in [1.165, 1.54) is 0 Å².